The third kappa shape index (κ3) is 4.91. The molecule has 1 saturated carbocycles. The van der Waals surface area contributed by atoms with E-state index in [2.05, 4.69) is 10.3 Å². The van der Waals surface area contributed by atoms with Gasteiger partial charge in [0.25, 0.3) is 0 Å². The molecular weight excluding hydrogens is 498 g/mol. The number of halogens is 2. The smallest absolute Gasteiger partial charge is 0.246 e. The number of imidazole rings is 1. The van der Waals surface area contributed by atoms with Crippen LogP contribution in [0.2, 0.25) is 0 Å². The maximum Gasteiger partial charge on any atom is 0.246 e. The van der Waals surface area contributed by atoms with E-state index < -0.39 is 30.2 Å². The Morgan fingerprint density at radius 3 is 2.49 bits per heavy atom. The van der Waals surface area contributed by atoms with Crippen LogP contribution in [0.4, 0.5) is 8.78 Å². The first-order valence-corrected chi connectivity index (χ1v) is 13.4. The van der Waals surface area contributed by atoms with Crippen molar-refractivity contribution < 1.29 is 18.4 Å². The molecule has 3 aromatic carbocycles. The van der Waals surface area contributed by atoms with Crippen LogP contribution >= 0.6 is 0 Å². The Hall–Kier alpha value is -4.07. The molecule has 4 atom stereocenters. The molecule has 1 N–H and O–H groups in total. The van der Waals surface area contributed by atoms with Crippen LogP contribution in [-0.2, 0) is 9.59 Å². The molecule has 39 heavy (non-hydrogen) atoms. The Morgan fingerprint density at radius 2 is 1.74 bits per heavy atom. The molecule has 2 aliphatic rings. The maximum atomic E-state index is 15.0. The van der Waals surface area contributed by atoms with Gasteiger partial charge in [0.15, 0.2) is 0 Å². The van der Waals surface area contributed by atoms with Gasteiger partial charge in [-0.05, 0) is 60.6 Å². The lowest BCUT2D eigenvalue weighted by molar-refractivity contribution is -0.140. The number of fused-ring (bicyclic) bond motifs is 1. The molecule has 4 unspecified atom stereocenters. The van der Waals surface area contributed by atoms with Gasteiger partial charge in [-0.3, -0.25) is 9.59 Å². The summed E-state index contributed by atoms with van der Waals surface area (Å²) in [5.74, 6) is -0.840. The lowest BCUT2D eigenvalue weighted by Gasteiger charge is -2.29. The van der Waals surface area contributed by atoms with Crippen molar-refractivity contribution in [1.29, 1.82) is 0 Å². The molecule has 1 saturated heterocycles. The quantitative estimate of drug-likeness (QED) is 0.347. The lowest BCUT2D eigenvalue weighted by Crippen LogP contribution is -2.48. The second kappa shape index (κ2) is 10.2. The molecular formula is C31H30F2N4O2. The summed E-state index contributed by atoms with van der Waals surface area (Å²) in [4.78, 5) is 33.0. The third-order valence-electron chi connectivity index (χ3n) is 7.89. The number of carbonyl (C=O) groups excluding carboxylic acids is 2. The number of hydrogen-bond acceptors (Lipinski definition) is 3. The average Bonchev–Trinajstić information content (AvgIpc) is 3.58. The monoisotopic (exact) mass is 528 g/mol. The van der Waals surface area contributed by atoms with Crippen LogP contribution in [0.1, 0.15) is 60.9 Å². The van der Waals surface area contributed by atoms with E-state index in [-0.39, 0.29) is 30.6 Å². The number of likely N-dealkylation sites (tertiary alicyclic amines) is 1. The number of benzene rings is 3. The summed E-state index contributed by atoms with van der Waals surface area (Å²) in [6.45, 7) is 1.57. The van der Waals surface area contributed by atoms with Gasteiger partial charge >= 0.3 is 0 Å². The highest BCUT2D eigenvalue weighted by atomic mass is 19.1. The molecule has 1 aromatic heterocycles. The van der Waals surface area contributed by atoms with Crippen molar-refractivity contribution in [2.45, 2.75) is 56.4 Å². The molecule has 1 aliphatic carbocycles. The second-order valence-corrected chi connectivity index (χ2v) is 10.6. The SMILES string of the molecule is CC(C(=O)N1CC(F)CC1C(=O)NC(c1ccccc1)c1ccc(C2CC2)c(F)c1)n1cnc2ccccc21. The van der Waals surface area contributed by atoms with Crippen molar-refractivity contribution in [2.75, 3.05) is 6.54 Å². The molecule has 2 amide bonds. The molecule has 6 rings (SSSR count). The summed E-state index contributed by atoms with van der Waals surface area (Å²) in [7, 11) is 0. The fourth-order valence-electron chi connectivity index (χ4n) is 5.61. The van der Waals surface area contributed by atoms with Crippen molar-refractivity contribution in [2.24, 2.45) is 0 Å². The van der Waals surface area contributed by atoms with E-state index in [1.54, 1.807) is 23.9 Å². The van der Waals surface area contributed by atoms with Crippen LogP contribution < -0.4 is 5.32 Å². The van der Waals surface area contributed by atoms with Crippen LogP contribution in [0.3, 0.4) is 0 Å². The molecule has 2 heterocycles. The number of para-hydroxylation sites is 2. The zero-order valence-electron chi connectivity index (χ0n) is 21.6. The number of hydrogen-bond donors (Lipinski definition) is 1. The summed E-state index contributed by atoms with van der Waals surface area (Å²) in [6.07, 6.45) is 2.15. The molecule has 6 nitrogen and oxygen atoms in total. The van der Waals surface area contributed by atoms with Crippen molar-refractivity contribution in [3.63, 3.8) is 0 Å². The minimum atomic E-state index is -1.32. The number of nitrogens with zero attached hydrogens (tertiary/aromatic N) is 3. The minimum Gasteiger partial charge on any atom is -0.343 e. The summed E-state index contributed by atoms with van der Waals surface area (Å²) < 4.78 is 31.5. The Balaban J connectivity index is 1.26. The standard InChI is InChI=1S/C31H30F2N4O2/c1-19(37-18-34-26-9-5-6-10-27(26)37)31(39)36-17-23(32)16-28(36)30(38)35-29(21-7-3-2-4-8-21)22-13-14-24(20-11-12-20)25(33)15-22/h2-10,13-15,18-20,23,28-29H,11-12,16-17H2,1H3,(H,35,38). The van der Waals surface area contributed by atoms with Crippen LogP contribution in [0.15, 0.2) is 79.1 Å². The van der Waals surface area contributed by atoms with Crippen molar-refractivity contribution in [3.8, 4) is 0 Å². The predicted molar refractivity (Wildman–Crippen MR) is 144 cm³/mol. The second-order valence-electron chi connectivity index (χ2n) is 10.6. The van der Waals surface area contributed by atoms with Gasteiger partial charge in [0.05, 0.1) is 29.9 Å². The minimum absolute atomic E-state index is 0.0918. The zero-order chi connectivity index (χ0) is 27.1. The Kier molecular flexibility index (Phi) is 6.62. The highest BCUT2D eigenvalue weighted by molar-refractivity contribution is 5.91. The fourth-order valence-corrected chi connectivity index (χ4v) is 5.61. The number of nitrogens with one attached hydrogen (secondary N) is 1. The van der Waals surface area contributed by atoms with Crippen molar-refractivity contribution in [1.82, 2.24) is 19.8 Å². The Labute approximate surface area is 225 Å². The van der Waals surface area contributed by atoms with Crippen LogP contribution in [0.5, 0.6) is 0 Å². The van der Waals surface area contributed by atoms with Gasteiger partial charge in [0.1, 0.15) is 24.1 Å². The van der Waals surface area contributed by atoms with Crippen molar-refractivity contribution >= 4 is 22.8 Å². The first-order valence-electron chi connectivity index (χ1n) is 13.4. The number of carbonyl (C=O) groups is 2. The third-order valence-corrected chi connectivity index (χ3v) is 7.89. The number of rotatable bonds is 7. The molecule has 8 heteroatoms. The van der Waals surface area contributed by atoms with Crippen molar-refractivity contribution in [3.05, 3.63) is 102 Å². The summed E-state index contributed by atoms with van der Waals surface area (Å²) >= 11 is 0. The molecule has 2 fully saturated rings. The van der Waals surface area contributed by atoms with Crippen LogP contribution in [0, 0.1) is 5.82 Å². The van der Waals surface area contributed by atoms with E-state index in [0.717, 1.165) is 29.4 Å². The summed E-state index contributed by atoms with van der Waals surface area (Å²) in [6, 6.07) is 19.6. The number of alkyl halides is 1. The highest BCUT2D eigenvalue weighted by Gasteiger charge is 2.42. The van der Waals surface area contributed by atoms with E-state index in [0.29, 0.717) is 11.1 Å². The Morgan fingerprint density at radius 1 is 1.00 bits per heavy atom. The van der Waals surface area contributed by atoms with Gasteiger partial charge in [-0.1, -0.05) is 54.6 Å². The van der Waals surface area contributed by atoms with Gasteiger partial charge < -0.3 is 14.8 Å². The normalized spacial score (nSPS) is 20.6. The summed E-state index contributed by atoms with van der Waals surface area (Å²) in [5.41, 5.74) is 3.61. The topological polar surface area (TPSA) is 67.2 Å². The first-order chi connectivity index (χ1) is 18.9. The van der Waals surface area contributed by atoms with E-state index in [4.69, 9.17) is 0 Å². The van der Waals surface area contributed by atoms with Gasteiger partial charge in [-0.15, -0.1) is 0 Å². The highest BCUT2D eigenvalue weighted by Crippen LogP contribution is 2.42. The van der Waals surface area contributed by atoms with Crippen LogP contribution in [-0.4, -0.2) is 45.0 Å². The van der Waals surface area contributed by atoms with E-state index in [1.807, 2.05) is 60.7 Å². The molecule has 0 spiro atoms. The number of aromatic nitrogens is 2. The van der Waals surface area contributed by atoms with Gasteiger partial charge in [-0.25, -0.2) is 13.8 Å². The largest absolute Gasteiger partial charge is 0.343 e. The van der Waals surface area contributed by atoms with E-state index in [1.165, 1.54) is 11.0 Å². The van der Waals surface area contributed by atoms with Gasteiger partial charge in [0.2, 0.25) is 11.8 Å². The predicted octanol–water partition coefficient (Wildman–Crippen LogP) is 5.46. The summed E-state index contributed by atoms with van der Waals surface area (Å²) in [5, 5.41) is 3.01. The first kappa shape index (κ1) is 25.2. The molecule has 200 valence electrons. The van der Waals surface area contributed by atoms with E-state index >= 15 is 0 Å². The fraction of sp³-hybridized carbons (Fsp3) is 0.323. The number of amides is 2. The zero-order valence-corrected chi connectivity index (χ0v) is 21.6. The average molecular weight is 529 g/mol. The Bertz CT molecular complexity index is 1520. The van der Waals surface area contributed by atoms with Crippen LogP contribution in [0.25, 0.3) is 11.0 Å². The van der Waals surface area contributed by atoms with Gasteiger partial charge in [-0.2, -0.15) is 0 Å². The lowest BCUT2D eigenvalue weighted by atomic mass is 9.96. The van der Waals surface area contributed by atoms with E-state index in [9.17, 15) is 18.4 Å². The molecule has 4 aromatic rings. The molecule has 0 radical (unpaired) electrons. The molecule has 1 aliphatic heterocycles. The maximum absolute atomic E-state index is 15.0. The van der Waals surface area contributed by atoms with Gasteiger partial charge in [0, 0.05) is 6.42 Å². The molecule has 0 bridgehead atoms.